The van der Waals surface area contributed by atoms with Crippen molar-refractivity contribution in [2.24, 2.45) is 0 Å². The van der Waals surface area contributed by atoms with Gasteiger partial charge in [0, 0.05) is 11.3 Å². The summed E-state index contributed by atoms with van der Waals surface area (Å²) in [7, 11) is 1.63. The van der Waals surface area contributed by atoms with Gasteiger partial charge in [0.25, 0.3) is 0 Å². The summed E-state index contributed by atoms with van der Waals surface area (Å²) >= 11 is 1.31. The van der Waals surface area contributed by atoms with Crippen molar-refractivity contribution in [3.8, 4) is 17.1 Å². The molecule has 3 aromatic rings. The van der Waals surface area contributed by atoms with Gasteiger partial charge in [-0.1, -0.05) is 57.7 Å². The van der Waals surface area contributed by atoms with E-state index in [0.29, 0.717) is 22.8 Å². The van der Waals surface area contributed by atoms with Gasteiger partial charge in [-0.25, -0.2) is 4.98 Å². The van der Waals surface area contributed by atoms with Crippen LogP contribution < -0.4 is 10.1 Å². The molecule has 0 aliphatic rings. The normalized spacial score (nSPS) is 11.2. The predicted molar refractivity (Wildman–Crippen MR) is 122 cm³/mol. The van der Waals surface area contributed by atoms with Crippen molar-refractivity contribution in [3.63, 3.8) is 0 Å². The Morgan fingerprint density at radius 3 is 2.27 bits per heavy atom. The van der Waals surface area contributed by atoms with Crippen LogP contribution in [-0.4, -0.2) is 34.0 Å². The largest absolute Gasteiger partial charge is 0.497 e. The highest BCUT2D eigenvalue weighted by molar-refractivity contribution is 7.99. The lowest BCUT2D eigenvalue weighted by Crippen LogP contribution is -2.17. The zero-order valence-corrected chi connectivity index (χ0v) is 18.8. The van der Waals surface area contributed by atoms with Crippen molar-refractivity contribution >= 4 is 23.4 Å². The Morgan fingerprint density at radius 1 is 1.07 bits per heavy atom. The molecule has 0 fully saturated rings. The molecule has 0 radical (unpaired) electrons. The molecule has 158 valence electrons. The van der Waals surface area contributed by atoms with Crippen LogP contribution in [0, 0.1) is 0 Å². The molecule has 0 aliphatic carbocycles. The molecule has 0 saturated heterocycles. The molecule has 0 spiro atoms. The maximum Gasteiger partial charge on any atom is 0.234 e. The van der Waals surface area contributed by atoms with Crippen molar-refractivity contribution in [3.05, 3.63) is 53.6 Å². The summed E-state index contributed by atoms with van der Waals surface area (Å²) in [6.07, 6.45) is 0. The van der Waals surface area contributed by atoms with Crippen molar-refractivity contribution < 1.29 is 9.53 Å². The number of hydrogen-bond acceptors (Lipinski definition) is 5. The van der Waals surface area contributed by atoms with Gasteiger partial charge in [-0.3, -0.25) is 9.89 Å². The second-order valence-electron chi connectivity index (χ2n) is 7.65. The zero-order chi connectivity index (χ0) is 21.7. The fourth-order valence-corrected chi connectivity index (χ4v) is 3.79. The van der Waals surface area contributed by atoms with E-state index in [1.165, 1.54) is 11.8 Å². The third-order valence-corrected chi connectivity index (χ3v) is 5.65. The topological polar surface area (TPSA) is 79.9 Å². The number of thioether (sulfide) groups is 1. The van der Waals surface area contributed by atoms with Crippen LogP contribution in [0.3, 0.4) is 0 Å². The van der Waals surface area contributed by atoms with Gasteiger partial charge in [0.15, 0.2) is 5.82 Å². The number of anilines is 1. The molecule has 6 nitrogen and oxygen atoms in total. The van der Waals surface area contributed by atoms with Crippen LogP contribution in [0.5, 0.6) is 5.75 Å². The molecule has 0 atom stereocenters. The standard InChI is InChI=1S/C23H28N4O2S/c1-14(2)18-7-6-8-19(15(3)4)21(18)24-20(28)13-30-23-25-22(26-27-23)16-9-11-17(29-5)12-10-16/h6-12,14-15H,13H2,1-5H3,(H,24,28)(H,25,26,27). The molecular weight excluding hydrogens is 396 g/mol. The van der Waals surface area contributed by atoms with Gasteiger partial charge < -0.3 is 10.1 Å². The minimum atomic E-state index is -0.0641. The fraction of sp³-hybridized carbons (Fsp3) is 0.348. The first-order valence-corrected chi connectivity index (χ1v) is 11.0. The smallest absolute Gasteiger partial charge is 0.234 e. The Morgan fingerprint density at radius 2 is 1.70 bits per heavy atom. The summed E-state index contributed by atoms with van der Waals surface area (Å²) in [5.41, 5.74) is 4.15. The Balaban J connectivity index is 1.66. The Hall–Kier alpha value is -2.80. The van der Waals surface area contributed by atoms with E-state index in [-0.39, 0.29) is 11.7 Å². The summed E-state index contributed by atoms with van der Waals surface area (Å²) in [6.45, 7) is 8.55. The number of benzene rings is 2. The van der Waals surface area contributed by atoms with Crippen molar-refractivity contribution in [1.82, 2.24) is 15.2 Å². The molecule has 0 bridgehead atoms. The summed E-state index contributed by atoms with van der Waals surface area (Å²) in [5.74, 6) is 2.27. The average molecular weight is 425 g/mol. The fourth-order valence-electron chi connectivity index (χ4n) is 3.19. The number of H-pyrrole nitrogens is 1. The minimum absolute atomic E-state index is 0.0641. The third-order valence-electron chi connectivity index (χ3n) is 4.80. The average Bonchev–Trinajstić information content (AvgIpc) is 3.21. The first kappa shape index (κ1) is 21.9. The Labute approximate surface area is 181 Å². The van der Waals surface area contributed by atoms with Crippen LogP contribution in [0.15, 0.2) is 47.6 Å². The maximum absolute atomic E-state index is 12.7. The summed E-state index contributed by atoms with van der Waals surface area (Å²) in [6, 6.07) is 13.8. The van der Waals surface area contributed by atoms with Crippen LogP contribution >= 0.6 is 11.8 Å². The molecule has 7 heteroatoms. The number of carbonyl (C=O) groups is 1. The van der Waals surface area contributed by atoms with E-state index in [2.05, 4.69) is 66.4 Å². The highest BCUT2D eigenvalue weighted by Crippen LogP contribution is 2.32. The Kier molecular flexibility index (Phi) is 7.15. The number of methoxy groups -OCH3 is 1. The molecule has 1 heterocycles. The zero-order valence-electron chi connectivity index (χ0n) is 18.0. The number of rotatable bonds is 8. The van der Waals surface area contributed by atoms with Crippen molar-refractivity contribution in [2.75, 3.05) is 18.2 Å². The second-order valence-corrected chi connectivity index (χ2v) is 8.60. The number of carbonyl (C=O) groups excluding carboxylic acids is 1. The molecule has 0 aliphatic heterocycles. The lowest BCUT2D eigenvalue weighted by Gasteiger charge is -2.20. The number of nitrogens with one attached hydrogen (secondary N) is 2. The molecule has 2 aromatic carbocycles. The molecule has 1 aromatic heterocycles. The minimum Gasteiger partial charge on any atom is -0.497 e. The number of aromatic nitrogens is 3. The van der Waals surface area contributed by atoms with Crippen LogP contribution in [0.2, 0.25) is 0 Å². The van der Waals surface area contributed by atoms with Gasteiger partial charge in [-0.15, -0.1) is 5.10 Å². The van der Waals surface area contributed by atoms with Gasteiger partial charge in [0.2, 0.25) is 11.1 Å². The number of hydrogen-bond donors (Lipinski definition) is 2. The van der Waals surface area contributed by atoms with Crippen LogP contribution in [-0.2, 0) is 4.79 Å². The highest BCUT2D eigenvalue weighted by Gasteiger charge is 2.16. The molecule has 1 amide bonds. The summed E-state index contributed by atoms with van der Waals surface area (Å²) in [5, 5.41) is 10.8. The van der Waals surface area contributed by atoms with Gasteiger partial charge >= 0.3 is 0 Å². The molecule has 30 heavy (non-hydrogen) atoms. The van der Waals surface area contributed by atoms with E-state index in [1.807, 2.05) is 24.3 Å². The molecule has 0 unspecified atom stereocenters. The van der Waals surface area contributed by atoms with Gasteiger partial charge in [0.05, 0.1) is 12.9 Å². The molecule has 0 saturated carbocycles. The number of aromatic amines is 1. The second kappa shape index (κ2) is 9.80. The van der Waals surface area contributed by atoms with Gasteiger partial charge in [-0.2, -0.15) is 0 Å². The van der Waals surface area contributed by atoms with E-state index in [0.717, 1.165) is 28.1 Å². The van der Waals surface area contributed by atoms with E-state index in [4.69, 9.17) is 4.74 Å². The van der Waals surface area contributed by atoms with Gasteiger partial charge in [-0.05, 0) is 47.2 Å². The van der Waals surface area contributed by atoms with E-state index in [9.17, 15) is 4.79 Å². The summed E-state index contributed by atoms with van der Waals surface area (Å²) in [4.78, 5) is 17.2. The van der Waals surface area contributed by atoms with Crippen LogP contribution in [0.4, 0.5) is 5.69 Å². The maximum atomic E-state index is 12.7. The third kappa shape index (κ3) is 5.21. The first-order valence-electron chi connectivity index (χ1n) is 10.0. The predicted octanol–water partition coefficient (Wildman–Crippen LogP) is 5.46. The molecule has 3 rings (SSSR count). The lowest BCUT2D eigenvalue weighted by molar-refractivity contribution is -0.113. The Bertz CT molecular complexity index is 970. The van der Waals surface area contributed by atoms with E-state index >= 15 is 0 Å². The molecule has 2 N–H and O–H groups in total. The first-order chi connectivity index (χ1) is 14.4. The number of para-hydroxylation sites is 1. The van der Waals surface area contributed by atoms with E-state index in [1.54, 1.807) is 7.11 Å². The monoisotopic (exact) mass is 424 g/mol. The molecular formula is C23H28N4O2S. The van der Waals surface area contributed by atoms with E-state index < -0.39 is 0 Å². The van der Waals surface area contributed by atoms with Gasteiger partial charge in [0.1, 0.15) is 5.75 Å². The lowest BCUT2D eigenvalue weighted by atomic mass is 9.92. The van der Waals surface area contributed by atoms with Crippen molar-refractivity contribution in [1.29, 1.82) is 0 Å². The van der Waals surface area contributed by atoms with Crippen molar-refractivity contribution in [2.45, 2.75) is 44.7 Å². The SMILES string of the molecule is COc1ccc(-c2nc(SCC(=O)Nc3c(C(C)C)cccc3C(C)C)n[nH]2)cc1. The van der Waals surface area contributed by atoms with Crippen LogP contribution in [0.1, 0.15) is 50.7 Å². The number of nitrogens with zero attached hydrogens (tertiary/aromatic N) is 2. The number of ether oxygens (including phenoxy) is 1. The number of amides is 1. The summed E-state index contributed by atoms with van der Waals surface area (Å²) < 4.78 is 5.18. The quantitative estimate of drug-likeness (QED) is 0.470. The van der Waals surface area contributed by atoms with Crippen LogP contribution in [0.25, 0.3) is 11.4 Å². The highest BCUT2D eigenvalue weighted by atomic mass is 32.2.